The van der Waals surface area contributed by atoms with Gasteiger partial charge in [-0.3, -0.25) is 14.7 Å². The number of nitrogens with zero attached hydrogens (tertiary/aromatic N) is 3. The van der Waals surface area contributed by atoms with Crippen LogP contribution in [0.5, 0.6) is 0 Å². The van der Waals surface area contributed by atoms with E-state index in [1.165, 1.54) is 12.8 Å². The van der Waals surface area contributed by atoms with Crippen LogP contribution in [0.4, 0.5) is 0 Å². The molecule has 2 N–H and O–H groups in total. The average Bonchev–Trinajstić information content (AvgIpc) is 2.58. The molecule has 1 heterocycles. The van der Waals surface area contributed by atoms with E-state index in [1.54, 1.807) is 0 Å². The van der Waals surface area contributed by atoms with E-state index in [4.69, 9.17) is 0 Å². The molecular weight excluding hydrogens is 453 g/mol. The Kier molecular flexibility index (Phi) is 11.6. The Hall–Kier alpha value is -0.570. The standard InChI is InChI=1S/C20H39N5O.HI/c1-16(2)8-9-17(3)23-20(21-4)22-10-11-24-12-14-25(15-13-24)19(26)18-6-5-7-18;/h16-18H,5-15H2,1-4H3,(H2,21,22,23);1H. The van der Waals surface area contributed by atoms with Gasteiger partial charge in [-0.25, -0.2) is 0 Å². The molecule has 2 rings (SSSR count). The monoisotopic (exact) mass is 493 g/mol. The van der Waals surface area contributed by atoms with Gasteiger partial charge in [0.1, 0.15) is 0 Å². The molecule has 0 aromatic carbocycles. The van der Waals surface area contributed by atoms with Gasteiger partial charge in [-0.15, -0.1) is 24.0 Å². The van der Waals surface area contributed by atoms with Crippen molar-refractivity contribution in [3.8, 4) is 0 Å². The summed E-state index contributed by atoms with van der Waals surface area (Å²) in [6.45, 7) is 12.4. The highest BCUT2D eigenvalue weighted by atomic mass is 127. The number of piperazine rings is 1. The van der Waals surface area contributed by atoms with Crippen molar-refractivity contribution in [1.82, 2.24) is 20.4 Å². The molecule has 1 aliphatic carbocycles. The predicted molar refractivity (Wildman–Crippen MR) is 124 cm³/mol. The third kappa shape index (κ3) is 8.54. The number of carbonyl (C=O) groups excluding carboxylic acids is 1. The maximum atomic E-state index is 12.3. The molecule has 0 aromatic heterocycles. The number of nitrogens with one attached hydrogen (secondary N) is 2. The molecule has 0 radical (unpaired) electrons. The lowest BCUT2D eigenvalue weighted by molar-refractivity contribution is -0.139. The highest BCUT2D eigenvalue weighted by molar-refractivity contribution is 14.0. The van der Waals surface area contributed by atoms with Crippen molar-refractivity contribution in [2.45, 2.75) is 58.9 Å². The van der Waals surface area contributed by atoms with Gasteiger partial charge in [0.15, 0.2) is 5.96 Å². The molecule has 1 aliphatic heterocycles. The summed E-state index contributed by atoms with van der Waals surface area (Å²) in [7, 11) is 1.83. The molecule has 7 heteroatoms. The quantitative estimate of drug-likeness (QED) is 0.310. The fourth-order valence-corrected chi connectivity index (χ4v) is 3.52. The Morgan fingerprint density at radius 2 is 1.78 bits per heavy atom. The average molecular weight is 493 g/mol. The lowest BCUT2D eigenvalue weighted by Gasteiger charge is -2.38. The van der Waals surface area contributed by atoms with Gasteiger partial charge in [0.05, 0.1) is 0 Å². The maximum Gasteiger partial charge on any atom is 0.225 e. The van der Waals surface area contributed by atoms with Crippen molar-refractivity contribution in [3.63, 3.8) is 0 Å². The van der Waals surface area contributed by atoms with Gasteiger partial charge in [-0.05, 0) is 38.5 Å². The third-order valence-electron chi connectivity index (χ3n) is 5.64. The third-order valence-corrected chi connectivity index (χ3v) is 5.64. The van der Waals surface area contributed by atoms with E-state index < -0.39 is 0 Å². The Labute approximate surface area is 182 Å². The molecule has 0 aromatic rings. The molecule has 1 saturated heterocycles. The number of rotatable bonds is 8. The van der Waals surface area contributed by atoms with Crippen LogP contribution in [0.25, 0.3) is 0 Å². The second-order valence-electron chi connectivity index (χ2n) is 8.31. The van der Waals surface area contributed by atoms with E-state index in [0.29, 0.717) is 17.9 Å². The topological polar surface area (TPSA) is 60.0 Å². The van der Waals surface area contributed by atoms with E-state index in [-0.39, 0.29) is 24.0 Å². The van der Waals surface area contributed by atoms with Gasteiger partial charge in [0, 0.05) is 58.3 Å². The molecule has 27 heavy (non-hydrogen) atoms. The Bertz CT molecular complexity index is 459. The zero-order valence-electron chi connectivity index (χ0n) is 17.7. The summed E-state index contributed by atoms with van der Waals surface area (Å²) in [6, 6.07) is 0.435. The predicted octanol–water partition coefficient (Wildman–Crippen LogP) is 2.54. The van der Waals surface area contributed by atoms with Crippen molar-refractivity contribution < 1.29 is 4.79 Å². The number of carbonyl (C=O) groups is 1. The fraction of sp³-hybridized carbons (Fsp3) is 0.900. The number of aliphatic imine (C=N–C) groups is 1. The minimum Gasteiger partial charge on any atom is -0.355 e. The Morgan fingerprint density at radius 3 is 2.30 bits per heavy atom. The molecule has 1 saturated carbocycles. The van der Waals surface area contributed by atoms with Gasteiger partial charge in [-0.2, -0.15) is 0 Å². The van der Waals surface area contributed by atoms with E-state index in [9.17, 15) is 4.79 Å². The smallest absolute Gasteiger partial charge is 0.225 e. The molecular formula is C20H40IN5O. The highest BCUT2D eigenvalue weighted by Crippen LogP contribution is 2.28. The molecule has 0 bridgehead atoms. The number of hydrogen-bond donors (Lipinski definition) is 2. The lowest BCUT2D eigenvalue weighted by Crippen LogP contribution is -2.52. The SMILES string of the molecule is CN=C(NCCN1CCN(C(=O)C2CCC2)CC1)NC(C)CCC(C)C.I. The number of amides is 1. The largest absolute Gasteiger partial charge is 0.355 e. The first-order chi connectivity index (χ1) is 12.5. The fourth-order valence-electron chi connectivity index (χ4n) is 3.52. The van der Waals surface area contributed by atoms with E-state index in [0.717, 1.165) is 70.4 Å². The van der Waals surface area contributed by atoms with Crippen LogP contribution in [-0.4, -0.2) is 74.0 Å². The highest BCUT2D eigenvalue weighted by Gasteiger charge is 2.30. The summed E-state index contributed by atoms with van der Waals surface area (Å²) in [5.41, 5.74) is 0. The van der Waals surface area contributed by atoms with Crippen molar-refractivity contribution in [2.75, 3.05) is 46.3 Å². The van der Waals surface area contributed by atoms with Crippen molar-refractivity contribution in [3.05, 3.63) is 0 Å². The van der Waals surface area contributed by atoms with Gasteiger partial charge in [0.25, 0.3) is 0 Å². The zero-order chi connectivity index (χ0) is 18.9. The molecule has 1 unspecified atom stereocenters. The molecule has 6 nitrogen and oxygen atoms in total. The van der Waals surface area contributed by atoms with Gasteiger partial charge >= 0.3 is 0 Å². The number of hydrogen-bond acceptors (Lipinski definition) is 3. The van der Waals surface area contributed by atoms with Crippen LogP contribution < -0.4 is 10.6 Å². The van der Waals surface area contributed by atoms with Crippen molar-refractivity contribution in [2.24, 2.45) is 16.8 Å². The molecule has 0 spiro atoms. The second kappa shape index (κ2) is 12.8. The summed E-state index contributed by atoms with van der Waals surface area (Å²) in [6.07, 6.45) is 5.83. The summed E-state index contributed by atoms with van der Waals surface area (Å²) in [4.78, 5) is 21.1. The minimum absolute atomic E-state index is 0. The molecule has 1 atom stereocenters. The molecule has 1 amide bonds. The van der Waals surface area contributed by atoms with Crippen molar-refractivity contribution in [1.29, 1.82) is 0 Å². The Balaban J connectivity index is 0.00000364. The summed E-state index contributed by atoms with van der Waals surface area (Å²) >= 11 is 0. The summed E-state index contributed by atoms with van der Waals surface area (Å²) < 4.78 is 0. The van der Waals surface area contributed by atoms with Gasteiger partial charge in [0.2, 0.25) is 5.91 Å². The van der Waals surface area contributed by atoms with Gasteiger partial charge < -0.3 is 15.5 Å². The first kappa shape index (κ1) is 24.5. The van der Waals surface area contributed by atoms with Crippen LogP contribution in [-0.2, 0) is 4.79 Å². The van der Waals surface area contributed by atoms with Crippen LogP contribution in [0, 0.1) is 11.8 Å². The van der Waals surface area contributed by atoms with Crippen LogP contribution in [0.3, 0.4) is 0 Å². The van der Waals surface area contributed by atoms with Crippen LogP contribution in [0.15, 0.2) is 4.99 Å². The number of guanidine groups is 1. The van der Waals surface area contributed by atoms with Crippen LogP contribution in [0.1, 0.15) is 52.9 Å². The zero-order valence-corrected chi connectivity index (χ0v) is 20.0. The maximum absolute atomic E-state index is 12.3. The summed E-state index contributed by atoms with van der Waals surface area (Å²) in [5, 5.41) is 6.90. The van der Waals surface area contributed by atoms with Gasteiger partial charge in [-0.1, -0.05) is 20.3 Å². The summed E-state index contributed by atoms with van der Waals surface area (Å²) in [5.74, 6) is 2.36. The molecule has 158 valence electrons. The normalized spacial score (nSPS) is 20.0. The molecule has 2 aliphatic rings. The first-order valence-electron chi connectivity index (χ1n) is 10.5. The minimum atomic E-state index is 0. The van der Waals surface area contributed by atoms with E-state index in [1.807, 2.05) is 7.05 Å². The molecule has 2 fully saturated rings. The van der Waals surface area contributed by atoms with Crippen LogP contribution in [0.2, 0.25) is 0 Å². The number of halogens is 1. The Morgan fingerprint density at radius 1 is 1.11 bits per heavy atom. The first-order valence-corrected chi connectivity index (χ1v) is 10.5. The van der Waals surface area contributed by atoms with Crippen LogP contribution >= 0.6 is 24.0 Å². The van der Waals surface area contributed by atoms with Crippen molar-refractivity contribution >= 4 is 35.8 Å². The second-order valence-corrected chi connectivity index (χ2v) is 8.31. The lowest BCUT2D eigenvalue weighted by atomic mass is 9.84. The van der Waals surface area contributed by atoms with E-state index >= 15 is 0 Å². The van der Waals surface area contributed by atoms with E-state index in [2.05, 4.69) is 46.2 Å².